The van der Waals surface area contributed by atoms with Crippen molar-refractivity contribution in [3.8, 4) is 0 Å². The molecule has 0 radical (unpaired) electrons. The van der Waals surface area contributed by atoms with Crippen LogP contribution in [0.3, 0.4) is 0 Å². The summed E-state index contributed by atoms with van der Waals surface area (Å²) in [4.78, 5) is 2.12. The fourth-order valence-corrected chi connectivity index (χ4v) is 2.57. The fourth-order valence-electron chi connectivity index (χ4n) is 1.91. The van der Waals surface area contributed by atoms with E-state index in [2.05, 4.69) is 60.8 Å². The quantitative estimate of drug-likeness (QED) is 0.695. The fraction of sp³-hybridized carbons (Fsp3) is 0.667. The molecule has 0 aliphatic carbocycles. The van der Waals surface area contributed by atoms with Gasteiger partial charge < -0.3 is 14.2 Å². The zero-order valence-electron chi connectivity index (χ0n) is 11.1. The van der Waals surface area contributed by atoms with Gasteiger partial charge in [0.25, 0.3) is 0 Å². The van der Waals surface area contributed by atoms with E-state index in [1.54, 1.807) is 0 Å². The minimum absolute atomic E-state index is 0.282. The Morgan fingerprint density at radius 2 is 1.76 bits per heavy atom. The van der Waals surface area contributed by atoms with Gasteiger partial charge in [-0.15, -0.1) is 0 Å². The summed E-state index contributed by atoms with van der Waals surface area (Å²) in [5, 5.41) is 0. The first-order chi connectivity index (χ1) is 7.71. The third-order valence-corrected chi connectivity index (χ3v) is 4.10. The van der Waals surface area contributed by atoms with E-state index in [-0.39, 0.29) is 18.3 Å². The van der Waals surface area contributed by atoms with Crippen molar-refractivity contribution in [2.45, 2.75) is 38.9 Å². The van der Waals surface area contributed by atoms with E-state index in [0.29, 0.717) is 0 Å². The first kappa shape index (κ1) is 13.2. The Hall–Kier alpha value is -0.255. The summed E-state index contributed by atoms with van der Waals surface area (Å²) in [6.07, 6.45) is 4.16. The molecule has 1 fully saturated rings. The standard InChI is InChI=1S/C12H19BBrNO2/c1-11(2)12(3,4)17-13(16-11)9-6-10(14)8-15(5)7-9/h6-7H,8H2,1-5H3. The van der Waals surface area contributed by atoms with E-state index in [1.165, 1.54) is 0 Å². The third-order valence-electron chi connectivity index (χ3n) is 3.62. The second-order valence-electron chi connectivity index (χ2n) is 5.72. The van der Waals surface area contributed by atoms with Crippen LogP contribution in [0.25, 0.3) is 0 Å². The Bertz CT molecular complexity index is 374. The molecule has 0 spiro atoms. The molecule has 17 heavy (non-hydrogen) atoms. The van der Waals surface area contributed by atoms with Crippen LogP contribution in [0, 0.1) is 0 Å². The Balaban J connectivity index is 2.22. The maximum absolute atomic E-state index is 6.02. The van der Waals surface area contributed by atoms with Crippen LogP contribution in [-0.4, -0.2) is 36.8 Å². The van der Waals surface area contributed by atoms with E-state index >= 15 is 0 Å². The molecule has 1 saturated heterocycles. The van der Waals surface area contributed by atoms with Crippen LogP contribution in [0.4, 0.5) is 0 Å². The van der Waals surface area contributed by atoms with Gasteiger partial charge in [-0.1, -0.05) is 15.9 Å². The van der Waals surface area contributed by atoms with Gasteiger partial charge in [0.15, 0.2) is 0 Å². The Labute approximate surface area is 112 Å². The molecule has 2 aliphatic heterocycles. The lowest BCUT2D eigenvalue weighted by molar-refractivity contribution is 0.00578. The molecule has 0 aromatic carbocycles. The number of hydrogen-bond donors (Lipinski definition) is 0. The van der Waals surface area contributed by atoms with E-state index in [4.69, 9.17) is 9.31 Å². The van der Waals surface area contributed by atoms with Crippen LogP contribution in [0.2, 0.25) is 0 Å². The van der Waals surface area contributed by atoms with Crippen LogP contribution in [0.5, 0.6) is 0 Å². The monoisotopic (exact) mass is 299 g/mol. The number of hydrogen-bond acceptors (Lipinski definition) is 3. The number of allylic oxidation sites excluding steroid dienone is 2. The highest BCUT2D eigenvalue weighted by Gasteiger charge is 2.52. The molecule has 5 heteroatoms. The molecule has 94 valence electrons. The molecule has 2 rings (SSSR count). The van der Waals surface area contributed by atoms with Crippen molar-refractivity contribution in [2.24, 2.45) is 0 Å². The maximum atomic E-state index is 6.02. The second kappa shape index (κ2) is 4.14. The van der Waals surface area contributed by atoms with Crippen molar-refractivity contribution in [1.82, 2.24) is 4.90 Å². The van der Waals surface area contributed by atoms with E-state index < -0.39 is 0 Å². The minimum Gasteiger partial charge on any atom is -0.399 e. The van der Waals surface area contributed by atoms with Crippen molar-refractivity contribution < 1.29 is 9.31 Å². The Morgan fingerprint density at radius 3 is 2.24 bits per heavy atom. The van der Waals surface area contributed by atoms with Gasteiger partial charge in [-0.05, 0) is 45.4 Å². The highest BCUT2D eigenvalue weighted by atomic mass is 79.9. The third kappa shape index (κ3) is 2.46. The van der Waals surface area contributed by atoms with Crippen LogP contribution >= 0.6 is 15.9 Å². The van der Waals surface area contributed by atoms with Crippen molar-refractivity contribution in [1.29, 1.82) is 0 Å². The van der Waals surface area contributed by atoms with Gasteiger partial charge in [0.1, 0.15) is 0 Å². The Morgan fingerprint density at radius 1 is 1.24 bits per heavy atom. The van der Waals surface area contributed by atoms with Crippen molar-refractivity contribution >= 4 is 23.0 Å². The first-order valence-corrected chi connectivity index (χ1v) is 6.64. The lowest BCUT2D eigenvalue weighted by Crippen LogP contribution is -2.41. The van der Waals surface area contributed by atoms with Crippen molar-refractivity contribution in [3.05, 3.63) is 22.2 Å². The van der Waals surface area contributed by atoms with Gasteiger partial charge in [-0.3, -0.25) is 0 Å². The molecular weight excluding hydrogens is 281 g/mol. The lowest BCUT2D eigenvalue weighted by Gasteiger charge is -2.32. The van der Waals surface area contributed by atoms with E-state index in [1.807, 2.05) is 7.05 Å². The van der Waals surface area contributed by atoms with E-state index in [9.17, 15) is 0 Å². The van der Waals surface area contributed by atoms with Gasteiger partial charge in [0.2, 0.25) is 0 Å². The highest BCUT2D eigenvalue weighted by Crippen LogP contribution is 2.39. The predicted molar refractivity (Wildman–Crippen MR) is 73.8 cm³/mol. The molecular formula is C12H19BBrNO2. The lowest BCUT2D eigenvalue weighted by atomic mass is 9.77. The van der Waals surface area contributed by atoms with Gasteiger partial charge in [-0.2, -0.15) is 0 Å². The maximum Gasteiger partial charge on any atom is 0.496 e. The van der Waals surface area contributed by atoms with Gasteiger partial charge in [-0.25, -0.2) is 0 Å². The molecule has 0 unspecified atom stereocenters. The molecule has 0 saturated carbocycles. The number of rotatable bonds is 1. The zero-order chi connectivity index (χ0) is 12.8. The van der Waals surface area contributed by atoms with Crippen LogP contribution in [0.15, 0.2) is 22.2 Å². The van der Waals surface area contributed by atoms with Gasteiger partial charge in [0.05, 0.1) is 11.2 Å². The normalized spacial score (nSPS) is 26.9. The number of nitrogens with zero attached hydrogens (tertiary/aromatic N) is 1. The summed E-state index contributed by atoms with van der Waals surface area (Å²) in [5.74, 6) is 0. The minimum atomic E-state index is -0.283. The summed E-state index contributed by atoms with van der Waals surface area (Å²) < 4.78 is 13.2. The van der Waals surface area contributed by atoms with Gasteiger partial charge >= 0.3 is 7.12 Å². The molecule has 0 bridgehead atoms. The van der Waals surface area contributed by atoms with Crippen molar-refractivity contribution in [2.75, 3.05) is 13.6 Å². The molecule has 2 aliphatic rings. The predicted octanol–water partition coefficient (Wildman–Crippen LogP) is 2.73. The van der Waals surface area contributed by atoms with E-state index in [0.717, 1.165) is 16.5 Å². The summed E-state index contributed by atoms with van der Waals surface area (Å²) in [7, 11) is 1.76. The van der Waals surface area contributed by atoms with Crippen LogP contribution < -0.4 is 0 Å². The molecule has 0 aromatic rings. The molecule has 0 aromatic heterocycles. The molecule has 0 N–H and O–H groups in total. The zero-order valence-corrected chi connectivity index (χ0v) is 12.7. The SMILES string of the molecule is CN1C=C(B2OC(C)(C)C(C)(C)O2)C=C(Br)C1. The first-order valence-electron chi connectivity index (χ1n) is 5.85. The van der Waals surface area contributed by atoms with Crippen LogP contribution in [-0.2, 0) is 9.31 Å². The largest absolute Gasteiger partial charge is 0.496 e. The average molecular weight is 300 g/mol. The Kier molecular flexibility index (Phi) is 3.21. The molecule has 2 heterocycles. The topological polar surface area (TPSA) is 21.7 Å². The summed E-state index contributed by atoms with van der Waals surface area (Å²) in [6, 6.07) is 0. The summed E-state index contributed by atoms with van der Waals surface area (Å²) in [5.41, 5.74) is 0.494. The number of likely N-dealkylation sites (N-methyl/N-ethyl adjacent to an activating group) is 1. The summed E-state index contributed by atoms with van der Waals surface area (Å²) >= 11 is 3.54. The molecule has 3 nitrogen and oxygen atoms in total. The number of halogens is 1. The second-order valence-corrected chi connectivity index (χ2v) is 6.74. The highest BCUT2D eigenvalue weighted by molar-refractivity contribution is 9.11. The summed E-state index contributed by atoms with van der Waals surface area (Å²) in [6.45, 7) is 9.17. The van der Waals surface area contributed by atoms with Crippen LogP contribution in [0.1, 0.15) is 27.7 Å². The smallest absolute Gasteiger partial charge is 0.399 e. The molecule has 0 amide bonds. The van der Waals surface area contributed by atoms with Crippen molar-refractivity contribution in [3.63, 3.8) is 0 Å². The molecule has 0 atom stereocenters. The average Bonchev–Trinajstić information content (AvgIpc) is 2.34. The van der Waals surface area contributed by atoms with Gasteiger partial charge in [0, 0.05) is 18.1 Å².